The second-order valence-corrected chi connectivity index (χ2v) is 11.9. The highest BCUT2D eigenvalue weighted by atomic mass is 35.5. The molecule has 0 unspecified atom stereocenters. The van der Waals surface area contributed by atoms with E-state index in [0.717, 1.165) is 37.7 Å². The number of nitrogens with one attached hydrogen (secondary N) is 2. The molecule has 0 radical (unpaired) electrons. The summed E-state index contributed by atoms with van der Waals surface area (Å²) < 4.78 is 5.36. The molecule has 238 valence electrons. The van der Waals surface area contributed by atoms with Crippen molar-refractivity contribution in [2.75, 3.05) is 24.6 Å². The summed E-state index contributed by atoms with van der Waals surface area (Å²) in [5.41, 5.74) is 2.10. The van der Waals surface area contributed by atoms with Crippen LogP contribution in [0.15, 0.2) is 48.5 Å². The number of hydrogen-bond acceptors (Lipinski definition) is 6. The Morgan fingerprint density at radius 1 is 1.00 bits per heavy atom. The summed E-state index contributed by atoms with van der Waals surface area (Å²) in [5.74, 6) is -0.409. The largest absolute Gasteiger partial charge is 0.465 e. The summed E-state index contributed by atoms with van der Waals surface area (Å²) in [5, 5.41) is 25.7. The number of aliphatic hydroxyl groups excluding tert-OH is 1. The Labute approximate surface area is 262 Å². The average Bonchev–Trinajstić information content (AvgIpc) is 3.22. The van der Waals surface area contributed by atoms with Gasteiger partial charge < -0.3 is 35.4 Å². The van der Waals surface area contributed by atoms with Crippen molar-refractivity contribution in [3.63, 3.8) is 0 Å². The molecule has 0 aromatic heterocycles. The lowest BCUT2D eigenvalue weighted by Gasteiger charge is -2.28. The molecule has 12 heteroatoms. The molecule has 0 spiro atoms. The molecule has 11 nitrogen and oxygen atoms in total. The van der Waals surface area contributed by atoms with Gasteiger partial charge in [-0.1, -0.05) is 74.0 Å². The number of carbonyl (C=O) groups excluding carboxylic acids is 3. The summed E-state index contributed by atoms with van der Waals surface area (Å²) >= 11 is 6.02. The van der Waals surface area contributed by atoms with E-state index in [1.165, 1.54) is 4.90 Å². The number of fused-ring (bicyclic) bond motifs is 1. The highest BCUT2D eigenvalue weighted by Gasteiger charge is 2.30. The third-order valence-corrected chi connectivity index (χ3v) is 8.48. The maximum atomic E-state index is 13.4. The molecule has 44 heavy (non-hydrogen) atoms. The first kappa shape index (κ1) is 33.1. The van der Waals surface area contributed by atoms with E-state index in [9.17, 15) is 29.4 Å². The molecular formula is C32H41ClN4O7. The lowest BCUT2D eigenvalue weighted by Crippen LogP contribution is -2.51. The van der Waals surface area contributed by atoms with Crippen LogP contribution in [0.25, 0.3) is 0 Å². The number of alkyl carbamates (subject to hydrolysis) is 1. The smallest absolute Gasteiger partial charge is 0.408 e. The van der Waals surface area contributed by atoms with Gasteiger partial charge in [-0.2, -0.15) is 0 Å². The molecule has 4 N–H and O–H groups in total. The second-order valence-electron chi connectivity index (χ2n) is 11.4. The molecular weight excluding hydrogens is 588 g/mol. The predicted molar refractivity (Wildman–Crippen MR) is 165 cm³/mol. The Balaban J connectivity index is 1.36. The van der Waals surface area contributed by atoms with Crippen LogP contribution in [0.4, 0.5) is 15.3 Å². The van der Waals surface area contributed by atoms with E-state index in [4.69, 9.17) is 16.3 Å². The summed E-state index contributed by atoms with van der Waals surface area (Å²) in [6, 6.07) is 12.6. The fourth-order valence-electron chi connectivity index (χ4n) is 5.85. The summed E-state index contributed by atoms with van der Waals surface area (Å²) in [6.45, 7) is 0.148. The Morgan fingerprint density at radius 2 is 1.77 bits per heavy atom. The van der Waals surface area contributed by atoms with Crippen LogP contribution in [0.5, 0.6) is 0 Å². The number of carbonyl (C=O) groups is 4. The summed E-state index contributed by atoms with van der Waals surface area (Å²) in [4.78, 5) is 53.9. The zero-order valence-corrected chi connectivity index (χ0v) is 25.5. The minimum Gasteiger partial charge on any atom is -0.465 e. The van der Waals surface area contributed by atoms with E-state index < -0.39 is 36.8 Å². The lowest BCUT2D eigenvalue weighted by molar-refractivity contribution is -0.125. The predicted octanol–water partition coefficient (Wildman–Crippen LogP) is 4.69. The molecule has 4 rings (SSSR count). The first-order valence-corrected chi connectivity index (χ1v) is 15.6. The fourth-order valence-corrected chi connectivity index (χ4v) is 6.06. The molecule has 0 saturated heterocycles. The minimum absolute atomic E-state index is 0.00457. The number of rotatable bonds is 11. The zero-order valence-electron chi connectivity index (χ0n) is 24.8. The number of nitrogens with zero attached hydrogens (tertiary/aromatic N) is 2. The molecule has 2 aliphatic rings. The Morgan fingerprint density at radius 3 is 2.50 bits per heavy atom. The first-order chi connectivity index (χ1) is 21.2. The number of benzene rings is 2. The zero-order chi connectivity index (χ0) is 31.5. The first-order valence-electron chi connectivity index (χ1n) is 15.2. The molecule has 1 fully saturated rings. The monoisotopic (exact) mass is 628 g/mol. The topological polar surface area (TPSA) is 149 Å². The Kier molecular flexibility index (Phi) is 12.3. The van der Waals surface area contributed by atoms with E-state index in [-0.39, 0.29) is 50.9 Å². The van der Waals surface area contributed by atoms with Crippen molar-refractivity contribution in [2.24, 2.45) is 5.92 Å². The number of aliphatic hydroxyl groups is 1. The number of halogens is 1. The van der Waals surface area contributed by atoms with Crippen molar-refractivity contribution in [1.29, 1.82) is 0 Å². The minimum atomic E-state index is -1.05. The van der Waals surface area contributed by atoms with Gasteiger partial charge in [0.2, 0.25) is 11.8 Å². The highest BCUT2D eigenvalue weighted by molar-refractivity contribution is 6.30. The standard InChI is InChI=1S/C32H41ClN4O7/c33-25-11-6-9-23(17-25)21-44-31(41)35-27(18-22-7-2-1-3-8-22)30(40)34-26(20-38)13-14-29(39)37-16-15-36(32(42)43)19-24-10-4-5-12-28(24)37/h4-6,9-12,17,22,26-27,38H,1-3,7-8,13-16,18-21H2,(H,34,40)(H,35,41)(H,42,43)/t26-,27-/m0/s1. The maximum Gasteiger partial charge on any atom is 0.408 e. The van der Waals surface area contributed by atoms with Crippen LogP contribution in [-0.4, -0.2) is 70.9 Å². The van der Waals surface area contributed by atoms with Gasteiger partial charge in [0.25, 0.3) is 0 Å². The van der Waals surface area contributed by atoms with Gasteiger partial charge in [0.15, 0.2) is 0 Å². The lowest BCUT2D eigenvalue weighted by atomic mass is 9.84. The molecule has 4 amide bonds. The fraction of sp³-hybridized carbons (Fsp3) is 0.500. The van der Waals surface area contributed by atoms with Crippen LogP contribution in [0.3, 0.4) is 0 Å². The molecule has 0 bridgehead atoms. The van der Waals surface area contributed by atoms with Gasteiger partial charge >= 0.3 is 12.2 Å². The number of ether oxygens (including phenoxy) is 1. The van der Waals surface area contributed by atoms with E-state index in [0.29, 0.717) is 22.7 Å². The highest BCUT2D eigenvalue weighted by Crippen LogP contribution is 2.28. The van der Waals surface area contributed by atoms with Crippen LogP contribution in [-0.2, 0) is 27.5 Å². The van der Waals surface area contributed by atoms with Gasteiger partial charge in [0.05, 0.1) is 19.2 Å². The van der Waals surface area contributed by atoms with Gasteiger partial charge in [-0.3, -0.25) is 9.59 Å². The van der Waals surface area contributed by atoms with Crippen molar-refractivity contribution in [3.8, 4) is 0 Å². The molecule has 1 aliphatic heterocycles. The Hall–Kier alpha value is -3.83. The second kappa shape index (κ2) is 16.3. The van der Waals surface area contributed by atoms with Crippen molar-refractivity contribution in [2.45, 2.75) is 76.6 Å². The van der Waals surface area contributed by atoms with Crippen molar-refractivity contribution in [3.05, 3.63) is 64.7 Å². The molecule has 1 saturated carbocycles. The number of carboxylic acid groups (broad SMARTS) is 1. The SMILES string of the molecule is O=C(N[C@@H](CC1CCCCC1)C(=O)N[C@H](CO)CCC(=O)N1CCN(C(=O)O)Cc2ccccc21)OCc1cccc(Cl)c1. The quantitative estimate of drug-likeness (QED) is 0.282. The Bertz CT molecular complexity index is 1300. The van der Waals surface area contributed by atoms with Crippen molar-refractivity contribution in [1.82, 2.24) is 15.5 Å². The molecule has 2 aromatic carbocycles. The third-order valence-electron chi connectivity index (χ3n) is 8.24. The van der Waals surface area contributed by atoms with Gasteiger partial charge in [-0.25, -0.2) is 9.59 Å². The third kappa shape index (κ3) is 9.59. The van der Waals surface area contributed by atoms with Crippen LogP contribution in [0, 0.1) is 5.92 Å². The summed E-state index contributed by atoms with van der Waals surface area (Å²) in [7, 11) is 0. The van der Waals surface area contributed by atoms with Gasteiger partial charge in [0.1, 0.15) is 12.6 Å². The van der Waals surface area contributed by atoms with Crippen molar-refractivity contribution < 1.29 is 34.1 Å². The number of anilines is 1. The van der Waals surface area contributed by atoms with Gasteiger partial charge in [0, 0.05) is 30.2 Å². The average molecular weight is 629 g/mol. The van der Waals surface area contributed by atoms with Crippen LogP contribution in [0.1, 0.15) is 62.5 Å². The van der Waals surface area contributed by atoms with Crippen LogP contribution in [0.2, 0.25) is 5.02 Å². The van der Waals surface area contributed by atoms with E-state index in [2.05, 4.69) is 10.6 Å². The van der Waals surface area contributed by atoms with E-state index in [1.54, 1.807) is 53.4 Å². The van der Waals surface area contributed by atoms with E-state index in [1.807, 2.05) is 0 Å². The van der Waals surface area contributed by atoms with Gasteiger partial charge in [-0.15, -0.1) is 0 Å². The van der Waals surface area contributed by atoms with Crippen LogP contribution >= 0.6 is 11.6 Å². The molecule has 1 aliphatic carbocycles. The van der Waals surface area contributed by atoms with Crippen molar-refractivity contribution >= 4 is 41.3 Å². The summed E-state index contributed by atoms with van der Waals surface area (Å²) in [6.07, 6.45) is 4.09. The number of hydrogen-bond donors (Lipinski definition) is 4. The normalized spacial score (nSPS) is 16.7. The van der Waals surface area contributed by atoms with Gasteiger partial charge in [-0.05, 0) is 48.1 Å². The van der Waals surface area contributed by atoms with E-state index >= 15 is 0 Å². The number of amides is 4. The van der Waals surface area contributed by atoms with Crippen LogP contribution < -0.4 is 15.5 Å². The molecule has 2 atom stereocenters. The molecule has 2 aromatic rings. The maximum absolute atomic E-state index is 13.4. The molecule has 1 heterocycles. The number of para-hydroxylation sites is 1.